The maximum Gasteiger partial charge on any atom is 0.236 e. The number of rotatable bonds is 6. The van der Waals surface area contributed by atoms with Gasteiger partial charge in [-0.3, -0.25) is 0 Å². The molecule has 0 radical (unpaired) electrons. The molecule has 2 rings (SSSR count). The van der Waals surface area contributed by atoms with Crippen molar-refractivity contribution in [3.05, 3.63) is 40.3 Å². The molecule has 5 nitrogen and oxygen atoms in total. The summed E-state index contributed by atoms with van der Waals surface area (Å²) in [7, 11) is -6.86. The Morgan fingerprint density at radius 3 is 2.42 bits per heavy atom. The standard InChI is InChI=1S/C16H22ClNO4S2/c1-13(2)11-18(16-8-9-23(19,20)12-16)24(21,22)10-7-14-3-5-15(17)6-4-14/h3-7,10,13,16H,8-9,11-12H2,1-2H3. The second-order valence-corrected chi connectivity index (χ2v) is 10.9. The molecule has 1 atom stereocenters. The highest BCUT2D eigenvalue weighted by Gasteiger charge is 2.37. The third-order valence-corrected chi connectivity index (χ3v) is 7.37. The molecule has 0 bridgehead atoms. The van der Waals surface area contributed by atoms with E-state index in [1.807, 2.05) is 13.8 Å². The fourth-order valence-corrected chi connectivity index (χ4v) is 6.18. The molecule has 1 aromatic carbocycles. The lowest BCUT2D eigenvalue weighted by molar-refractivity contribution is 0.311. The van der Waals surface area contributed by atoms with Crippen LogP contribution in [0.15, 0.2) is 29.7 Å². The Morgan fingerprint density at radius 2 is 1.92 bits per heavy atom. The first-order valence-electron chi connectivity index (χ1n) is 7.75. The van der Waals surface area contributed by atoms with Crippen LogP contribution in [0.5, 0.6) is 0 Å². The molecule has 1 aromatic rings. The van der Waals surface area contributed by atoms with Crippen LogP contribution in [0.4, 0.5) is 0 Å². The second-order valence-electron chi connectivity index (χ2n) is 6.42. The predicted octanol–water partition coefficient (Wildman–Crippen LogP) is 2.79. The molecule has 1 aliphatic rings. The predicted molar refractivity (Wildman–Crippen MR) is 98.0 cm³/mol. The van der Waals surface area contributed by atoms with Gasteiger partial charge in [0.15, 0.2) is 9.84 Å². The summed E-state index contributed by atoms with van der Waals surface area (Å²) < 4.78 is 50.2. The number of benzene rings is 1. The first kappa shape index (κ1) is 19.4. The molecule has 8 heteroatoms. The molecule has 24 heavy (non-hydrogen) atoms. The van der Waals surface area contributed by atoms with E-state index in [1.165, 1.54) is 10.4 Å². The number of hydrogen-bond donors (Lipinski definition) is 0. The molecule has 0 saturated carbocycles. The fraction of sp³-hybridized carbons (Fsp3) is 0.500. The molecule has 1 unspecified atom stereocenters. The summed E-state index contributed by atoms with van der Waals surface area (Å²) >= 11 is 5.81. The molecule has 0 aliphatic carbocycles. The van der Waals surface area contributed by atoms with Crippen LogP contribution in [0, 0.1) is 5.92 Å². The van der Waals surface area contributed by atoms with Crippen molar-refractivity contribution in [2.75, 3.05) is 18.1 Å². The van der Waals surface area contributed by atoms with E-state index < -0.39 is 25.9 Å². The van der Waals surface area contributed by atoms with Gasteiger partial charge >= 0.3 is 0 Å². The largest absolute Gasteiger partial charge is 0.236 e. The van der Waals surface area contributed by atoms with Crippen molar-refractivity contribution in [3.8, 4) is 0 Å². The lowest BCUT2D eigenvalue weighted by Gasteiger charge is -2.27. The molecule has 134 valence electrons. The summed E-state index contributed by atoms with van der Waals surface area (Å²) in [6.07, 6.45) is 1.85. The van der Waals surface area contributed by atoms with Crippen LogP contribution in [0.2, 0.25) is 5.02 Å². The van der Waals surface area contributed by atoms with E-state index in [9.17, 15) is 16.8 Å². The van der Waals surface area contributed by atoms with Gasteiger partial charge in [0.2, 0.25) is 10.0 Å². The van der Waals surface area contributed by atoms with E-state index in [1.54, 1.807) is 24.3 Å². The molecule has 1 heterocycles. The highest BCUT2D eigenvalue weighted by atomic mass is 35.5. The van der Waals surface area contributed by atoms with Gasteiger partial charge in [0, 0.05) is 23.0 Å². The van der Waals surface area contributed by atoms with Crippen molar-refractivity contribution < 1.29 is 16.8 Å². The normalized spacial score (nSPS) is 21.1. The minimum absolute atomic E-state index is 0.0443. The molecule has 1 fully saturated rings. The van der Waals surface area contributed by atoms with Crippen LogP contribution in [-0.4, -0.2) is 45.2 Å². The first-order valence-corrected chi connectivity index (χ1v) is 11.5. The van der Waals surface area contributed by atoms with Crippen molar-refractivity contribution in [1.82, 2.24) is 4.31 Å². The van der Waals surface area contributed by atoms with Crippen molar-refractivity contribution in [2.45, 2.75) is 26.3 Å². The Morgan fingerprint density at radius 1 is 1.29 bits per heavy atom. The zero-order valence-electron chi connectivity index (χ0n) is 13.7. The monoisotopic (exact) mass is 391 g/mol. The summed E-state index contributed by atoms with van der Waals surface area (Å²) in [5, 5.41) is 1.72. The Hall–Kier alpha value is -0.890. The molecule has 0 N–H and O–H groups in total. The Balaban J connectivity index is 2.25. The maximum absolute atomic E-state index is 12.7. The van der Waals surface area contributed by atoms with E-state index in [4.69, 9.17) is 11.6 Å². The maximum atomic E-state index is 12.7. The number of halogens is 1. The van der Waals surface area contributed by atoms with Crippen LogP contribution in [0.25, 0.3) is 6.08 Å². The van der Waals surface area contributed by atoms with E-state index in [0.717, 1.165) is 5.41 Å². The number of hydrogen-bond acceptors (Lipinski definition) is 4. The van der Waals surface area contributed by atoms with Crippen LogP contribution < -0.4 is 0 Å². The number of nitrogens with zero attached hydrogens (tertiary/aromatic N) is 1. The zero-order valence-corrected chi connectivity index (χ0v) is 16.1. The quantitative estimate of drug-likeness (QED) is 0.747. The highest BCUT2D eigenvalue weighted by molar-refractivity contribution is 7.93. The minimum atomic E-state index is -3.70. The molecule has 0 aromatic heterocycles. The minimum Gasteiger partial charge on any atom is -0.229 e. The van der Waals surface area contributed by atoms with Gasteiger partial charge in [-0.2, -0.15) is 4.31 Å². The molecular formula is C16H22ClNO4S2. The summed E-state index contributed by atoms with van der Waals surface area (Å²) in [6.45, 7) is 4.12. The third kappa shape index (κ3) is 5.31. The van der Waals surface area contributed by atoms with Gasteiger partial charge in [-0.1, -0.05) is 37.6 Å². The summed E-state index contributed by atoms with van der Waals surface area (Å²) in [6, 6.07) is 6.33. The molecule has 0 spiro atoms. The van der Waals surface area contributed by atoms with Gasteiger partial charge in [0.25, 0.3) is 0 Å². The van der Waals surface area contributed by atoms with Gasteiger partial charge in [0.05, 0.1) is 11.5 Å². The number of sulfone groups is 1. The van der Waals surface area contributed by atoms with Crippen molar-refractivity contribution in [3.63, 3.8) is 0 Å². The summed E-state index contributed by atoms with van der Waals surface area (Å²) in [5.41, 5.74) is 0.714. The van der Waals surface area contributed by atoms with Crippen molar-refractivity contribution in [1.29, 1.82) is 0 Å². The summed E-state index contributed by atoms with van der Waals surface area (Å²) in [4.78, 5) is 0. The molecular weight excluding hydrogens is 370 g/mol. The van der Waals surface area contributed by atoms with Crippen LogP contribution in [-0.2, 0) is 19.9 Å². The van der Waals surface area contributed by atoms with Crippen molar-refractivity contribution in [2.24, 2.45) is 5.92 Å². The van der Waals surface area contributed by atoms with Gasteiger partial charge in [-0.05, 0) is 36.1 Å². The first-order chi connectivity index (χ1) is 11.1. The van der Waals surface area contributed by atoms with E-state index in [2.05, 4.69) is 0 Å². The van der Waals surface area contributed by atoms with E-state index in [0.29, 0.717) is 23.6 Å². The summed E-state index contributed by atoms with van der Waals surface area (Å²) in [5.74, 6) is 0.0446. The van der Waals surface area contributed by atoms with Crippen LogP contribution in [0.1, 0.15) is 25.8 Å². The van der Waals surface area contributed by atoms with Crippen LogP contribution in [0.3, 0.4) is 0 Å². The van der Waals surface area contributed by atoms with Gasteiger partial charge in [0.1, 0.15) is 0 Å². The third-order valence-electron chi connectivity index (χ3n) is 3.79. The average Bonchev–Trinajstić information content (AvgIpc) is 2.84. The second kappa shape index (κ2) is 7.56. The van der Waals surface area contributed by atoms with Crippen molar-refractivity contribution >= 4 is 37.5 Å². The van der Waals surface area contributed by atoms with E-state index in [-0.39, 0.29) is 17.4 Å². The van der Waals surface area contributed by atoms with E-state index >= 15 is 0 Å². The Kier molecular flexibility index (Phi) is 6.12. The molecule has 1 aliphatic heterocycles. The number of sulfonamides is 1. The Labute approximate surface area is 149 Å². The topological polar surface area (TPSA) is 71.5 Å². The zero-order chi connectivity index (χ0) is 18.0. The fourth-order valence-electron chi connectivity index (χ4n) is 2.64. The molecule has 1 saturated heterocycles. The van der Waals surface area contributed by atoms with Gasteiger partial charge in [-0.25, -0.2) is 16.8 Å². The SMILES string of the molecule is CC(C)CN(C1CCS(=O)(=O)C1)S(=O)(=O)C=Cc1ccc(Cl)cc1. The molecule has 0 amide bonds. The van der Waals surface area contributed by atoms with Gasteiger partial charge < -0.3 is 0 Å². The highest BCUT2D eigenvalue weighted by Crippen LogP contribution is 2.23. The lowest BCUT2D eigenvalue weighted by atomic mass is 10.2. The van der Waals surface area contributed by atoms with Crippen LogP contribution >= 0.6 is 11.6 Å². The smallest absolute Gasteiger partial charge is 0.229 e. The lowest BCUT2D eigenvalue weighted by Crippen LogP contribution is -2.42. The Bertz CT molecular complexity index is 799. The van der Waals surface area contributed by atoms with Gasteiger partial charge in [-0.15, -0.1) is 0 Å². The average molecular weight is 392 g/mol.